The van der Waals surface area contributed by atoms with E-state index in [-0.39, 0.29) is 5.78 Å². The number of carbonyl (C=O) groups excluding carboxylic acids is 1. The van der Waals surface area contributed by atoms with Crippen molar-refractivity contribution in [1.82, 2.24) is 0 Å². The van der Waals surface area contributed by atoms with E-state index < -0.39 is 0 Å². The van der Waals surface area contributed by atoms with Crippen molar-refractivity contribution in [1.29, 1.82) is 0 Å². The molecule has 1 heterocycles. The van der Waals surface area contributed by atoms with Gasteiger partial charge < -0.3 is 9.47 Å². The number of benzene rings is 2. The number of rotatable bonds is 8. The smallest absolute Gasteiger partial charge is 0.216 e. The number of aryl methyl sites for hydroxylation is 1. The molecule has 3 rings (SSSR count). The van der Waals surface area contributed by atoms with E-state index in [9.17, 15) is 4.79 Å². The van der Waals surface area contributed by atoms with Crippen LogP contribution in [0.5, 0.6) is 5.75 Å². The number of Topliss-reactive ketones (excluding diaryl/α,β-unsaturated/α-hetero) is 1. The topological polar surface area (TPSA) is 47.9 Å². The lowest BCUT2D eigenvalue weighted by Crippen LogP contribution is -2.03. The molecule has 0 atom stereocenters. The minimum atomic E-state index is 0.196. The van der Waals surface area contributed by atoms with E-state index in [0.717, 1.165) is 36.3 Å². The fourth-order valence-electron chi connectivity index (χ4n) is 2.66. The molecule has 2 aromatic rings. The lowest BCUT2D eigenvalue weighted by molar-refractivity contribution is 0.0978. The number of hydrogen-bond acceptors (Lipinski definition) is 4. The van der Waals surface area contributed by atoms with E-state index in [1.807, 2.05) is 55.5 Å². The van der Waals surface area contributed by atoms with Crippen molar-refractivity contribution in [3.63, 3.8) is 0 Å². The maximum absolute atomic E-state index is 12.1. The Balaban J connectivity index is 1.37. The van der Waals surface area contributed by atoms with Gasteiger partial charge in [-0.1, -0.05) is 29.8 Å². The first-order valence-corrected chi connectivity index (χ1v) is 8.73. The maximum Gasteiger partial charge on any atom is 0.216 e. The lowest BCUT2D eigenvalue weighted by atomic mass is 10.0. The molecule has 130 valence electrons. The summed E-state index contributed by atoms with van der Waals surface area (Å²) >= 11 is 0. The monoisotopic (exact) mass is 337 g/mol. The Labute approximate surface area is 148 Å². The molecule has 2 aromatic carbocycles. The predicted molar refractivity (Wildman–Crippen MR) is 98.7 cm³/mol. The van der Waals surface area contributed by atoms with Crippen LogP contribution in [0.3, 0.4) is 0 Å². The van der Waals surface area contributed by atoms with Crippen molar-refractivity contribution >= 4 is 11.7 Å². The summed E-state index contributed by atoms with van der Waals surface area (Å²) in [5.41, 5.74) is 2.94. The number of aliphatic imine (C=N–C) groups is 1. The minimum absolute atomic E-state index is 0.196. The molecule has 0 spiro atoms. The summed E-state index contributed by atoms with van der Waals surface area (Å²) in [6, 6.07) is 15.5. The molecule has 0 amide bonds. The average Bonchev–Trinajstić information content (AvgIpc) is 3.17. The SMILES string of the molecule is Cc1ccc(C(=O)CCCCOc2ccc(C3=NCCO3)cc2)cc1. The summed E-state index contributed by atoms with van der Waals surface area (Å²) in [5, 5.41) is 0. The second-order valence-electron chi connectivity index (χ2n) is 6.15. The van der Waals surface area contributed by atoms with E-state index in [1.54, 1.807) is 0 Å². The quantitative estimate of drug-likeness (QED) is 0.536. The van der Waals surface area contributed by atoms with Crippen LogP contribution < -0.4 is 4.74 Å². The summed E-state index contributed by atoms with van der Waals surface area (Å²) in [5.74, 6) is 1.73. The highest BCUT2D eigenvalue weighted by molar-refractivity contribution is 5.96. The fourth-order valence-corrected chi connectivity index (χ4v) is 2.66. The molecule has 0 saturated heterocycles. The van der Waals surface area contributed by atoms with Gasteiger partial charge in [-0.25, -0.2) is 4.99 Å². The van der Waals surface area contributed by atoms with Crippen LogP contribution >= 0.6 is 0 Å². The second kappa shape index (κ2) is 8.47. The Bertz CT molecular complexity index is 733. The molecule has 0 fully saturated rings. The summed E-state index contributed by atoms with van der Waals surface area (Å²) in [6.45, 7) is 4.02. The first-order valence-electron chi connectivity index (χ1n) is 8.73. The highest BCUT2D eigenvalue weighted by Crippen LogP contribution is 2.16. The van der Waals surface area contributed by atoms with Gasteiger partial charge >= 0.3 is 0 Å². The van der Waals surface area contributed by atoms with Crippen molar-refractivity contribution < 1.29 is 14.3 Å². The van der Waals surface area contributed by atoms with Crippen LogP contribution in [0.15, 0.2) is 53.5 Å². The summed E-state index contributed by atoms with van der Waals surface area (Å²) in [4.78, 5) is 16.4. The number of nitrogens with zero attached hydrogens (tertiary/aromatic N) is 1. The molecule has 25 heavy (non-hydrogen) atoms. The number of carbonyl (C=O) groups is 1. The Kier molecular flexibility index (Phi) is 5.83. The normalized spacial score (nSPS) is 13.2. The van der Waals surface area contributed by atoms with Crippen LogP contribution in [0.1, 0.15) is 40.7 Å². The van der Waals surface area contributed by atoms with Gasteiger partial charge in [-0.05, 0) is 44.0 Å². The fraction of sp³-hybridized carbons (Fsp3) is 0.333. The van der Waals surface area contributed by atoms with Gasteiger partial charge in [-0.15, -0.1) is 0 Å². The third kappa shape index (κ3) is 4.92. The Morgan fingerprint density at radius 3 is 2.52 bits per heavy atom. The Hall–Kier alpha value is -2.62. The van der Waals surface area contributed by atoms with Crippen molar-refractivity contribution in [2.24, 2.45) is 4.99 Å². The van der Waals surface area contributed by atoms with Gasteiger partial charge in [-0.2, -0.15) is 0 Å². The third-order valence-corrected chi connectivity index (χ3v) is 4.13. The van der Waals surface area contributed by atoms with E-state index in [4.69, 9.17) is 9.47 Å². The van der Waals surface area contributed by atoms with Crippen LogP contribution in [-0.4, -0.2) is 31.4 Å². The molecular formula is C21H23NO3. The molecule has 0 unspecified atom stereocenters. The van der Waals surface area contributed by atoms with E-state index in [0.29, 0.717) is 25.5 Å². The first kappa shape index (κ1) is 17.2. The van der Waals surface area contributed by atoms with Gasteiger partial charge in [0.05, 0.1) is 13.2 Å². The first-order chi connectivity index (χ1) is 12.2. The lowest BCUT2D eigenvalue weighted by Gasteiger charge is -2.07. The van der Waals surface area contributed by atoms with Gasteiger partial charge in [0, 0.05) is 17.5 Å². The highest BCUT2D eigenvalue weighted by atomic mass is 16.5. The van der Waals surface area contributed by atoms with Crippen molar-refractivity contribution in [3.8, 4) is 5.75 Å². The zero-order valence-corrected chi connectivity index (χ0v) is 14.5. The zero-order valence-electron chi connectivity index (χ0n) is 14.5. The maximum atomic E-state index is 12.1. The number of ketones is 1. The van der Waals surface area contributed by atoms with Crippen molar-refractivity contribution in [3.05, 3.63) is 65.2 Å². The number of unbranched alkanes of at least 4 members (excludes halogenated alkanes) is 1. The van der Waals surface area contributed by atoms with Gasteiger partial charge in [0.2, 0.25) is 5.90 Å². The van der Waals surface area contributed by atoms with Crippen LogP contribution in [-0.2, 0) is 4.74 Å². The van der Waals surface area contributed by atoms with Gasteiger partial charge in [-0.3, -0.25) is 4.79 Å². The molecule has 0 N–H and O–H groups in total. The molecule has 0 aliphatic carbocycles. The largest absolute Gasteiger partial charge is 0.494 e. The molecular weight excluding hydrogens is 314 g/mol. The average molecular weight is 337 g/mol. The highest BCUT2D eigenvalue weighted by Gasteiger charge is 2.10. The summed E-state index contributed by atoms with van der Waals surface area (Å²) in [6.07, 6.45) is 2.24. The molecule has 0 saturated carbocycles. The molecule has 1 aliphatic heterocycles. The summed E-state index contributed by atoms with van der Waals surface area (Å²) in [7, 11) is 0. The van der Waals surface area contributed by atoms with Crippen LogP contribution in [0.2, 0.25) is 0 Å². The number of hydrogen-bond donors (Lipinski definition) is 0. The van der Waals surface area contributed by atoms with Gasteiger partial charge in [0.1, 0.15) is 12.4 Å². The predicted octanol–water partition coefficient (Wildman–Crippen LogP) is 4.20. The standard InChI is InChI=1S/C21H23NO3/c1-16-5-7-17(8-6-16)20(23)4-2-3-14-24-19-11-9-18(10-12-19)21-22-13-15-25-21/h5-12H,2-4,13-15H2,1H3. The molecule has 4 nitrogen and oxygen atoms in total. The minimum Gasteiger partial charge on any atom is -0.494 e. The molecule has 0 radical (unpaired) electrons. The van der Waals surface area contributed by atoms with Crippen molar-refractivity contribution in [2.75, 3.05) is 19.8 Å². The van der Waals surface area contributed by atoms with E-state index in [1.165, 1.54) is 5.56 Å². The Morgan fingerprint density at radius 1 is 1.08 bits per heavy atom. The van der Waals surface area contributed by atoms with Crippen LogP contribution in [0.4, 0.5) is 0 Å². The van der Waals surface area contributed by atoms with Crippen LogP contribution in [0.25, 0.3) is 0 Å². The van der Waals surface area contributed by atoms with E-state index in [2.05, 4.69) is 4.99 Å². The molecule has 0 bridgehead atoms. The van der Waals surface area contributed by atoms with Crippen molar-refractivity contribution in [2.45, 2.75) is 26.2 Å². The van der Waals surface area contributed by atoms with Gasteiger partial charge in [0.15, 0.2) is 5.78 Å². The second-order valence-corrected chi connectivity index (χ2v) is 6.15. The molecule has 4 heteroatoms. The van der Waals surface area contributed by atoms with Crippen LogP contribution in [0, 0.1) is 6.92 Å². The number of ether oxygens (including phenoxy) is 2. The molecule has 0 aromatic heterocycles. The third-order valence-electron chi connectivity index (χ3n) is 4.13. The molecule has 1 aliphatic rings. The van der Waals surface area contributed by atoms with Gasteiger partial charge in [0.25, 0.3) is 0 Å². The zero-order chi connectivity index (χ0) is 17.5. The Morgan fingerprint density at radius 2 is 1.84 bits per heavy atom. The summed E-state index contributed by atoms with van der Waals surface area (Å²) < 4.78 is 11.2. The van der Waals surface area contributed by atoms with E-state index >= 15 is 0 Å².